The van der Waals surface area contributed by atoms with Gasteiger partial charge in [0.25, 0.3) is 5.91 Å². The van der Waals surface area contributed by atoms with E-state index >= 15 is 0 Å². The zero-order chi connectivity index (χ0) is 20.9. The van der Waals surface area contributed by atoms with Crippen LogP contribution in [0.4, 0.5) is 5.69 Å². The zero-order valence-corrected chi connectivity index (χ0v) is 17.3. The van der Waals surface area contributed by atoms with E-state index in [0.29, 0.717) is 34.5 Å². The van der Waals surface area contributed by atoms with Gasteiger partial charge in [-0.3, -0.25) is 19.6 Å². The van der Waals surface area contributed by atoms with Crippen LogP contribution in [0.3, 0.4) is 0 Å². The maximum absolute atomic E-state index is 12.9. The van der Waals surface area contributed by atoms with Gasteiger partial charge in [0, 0.05) is 11.6 Å². The van der Waals surface area contributed by atoms with Gasteiger partial charge in [-0.15, -0.1) is 0 Å². The van der Waals surface area contributed by atoms with Crippen LogP contribution in [0, 0.1) is 48.6 Å². The molecule has 1 amide bonds. The van der Waals surface area contributed by atoms with Crippen LogP contribution in [0.2, 0.25) is 0 Å². The van der Waals surface area contributed by atoms with Crippen molar-refractivity contribution in [2.45, 2.75) is 66.0 Å². The summed E-state index contributed by atoms with van der Waals surface area (Å²) in [6, 6.07) is 0.0810. The van der Waals surface area contributed by atoms with Crippen LogP contribution in [0.1, 0.15) is 65.8 Å². The van der Waals surface area contributed by atoms with Crippen LogP contribution in [-0.4, -0.2) is 31.8 Å². The van der Waals surface area contributed by atoms with Gasteiger partial charge in [-0.1, -0.05) is 11.6 Å². The Hall–Kier alpha value is -2.71. The van der Waals surface area contributed by atoms with Crippen molar-refractivity contribution in [1.29, 1.82) is 0 Å². The third kappa shape index (κ3) is 3.42. The average molecular weight is 401 g/mol. The van der Waals surface area contributed by atoms with E-state index in [2.05, 4.69) is 22.5 Å². The molecule has 0 spiro atoms. The number of carbonyl (C=O) groups is 1. The number of amides is 1. The van der Waals surface area contributed by atoms with Gasteiger partial charge < -0.3 is 9.84 Å². The predicted molar refractivity (Wildman–Crippen MR) is 105 cm³/mol. The fraction of sp³-hybridized carbons (Fsp3) is 0.650. The number of nitrogens with one attached hydrogen (secondary N) is 1. The van der Waals surface area contributed by atoms with E-state index < -0.39 is 4.92 Å². The number of aromatic nitrogens is 3. The molecule has 2 saturated carbocycles. The Balaban J connectivity index is 1.52. The SMILES string of the molecule is Cc1nn(Cc2c(C(=O)N[C@H](C)[C@H]3C[C@H]4CC[C@H]3C4)noc2C)c(C)c1[N+](=O)[O-]. The predicted octanol–water partition coefficient (Wildman–Crippen LogP) is 3.31. The zero-order valence-electron chi connectivity index (χ0n) is 17.3. The lowest BCUT2D eigenvalue weighted by Crippen LogP contribution is -2.40. The van der Waals surface area contributed by atoms with Crippen molar-refractivity contribution < 1.29 is 14.2 Å². The van der Waals surface area contributed by atoms with Gasteiger partial charge >= 0.3 is 5.69 Å². The van der Waals surface area contributed by atoms with Crippen LogP contribution in [0.5, 0.6) is 0 Å². The normalized spacial score (nSPS) is 24.1. The monoisotopic (exact) mass is 401 g/mol. The molecule has 0 aromatic carbocycles. The minimum Gasteiger partial charge on any atom is -0.361 e. The second kappa shape index (κ2) is 7.27. The fourth-order valence-corrected chi connectivity index (χ4v) is 5.30. The Bertz CT molecular complexity index is 962. The molecule has 2 heterocycles. The highest BCUT2D eigenvalue weighted by Gasteiger charge is 2.42. The summed E-state index contributed by atoms with van der Waals surface area (Å²) < 4.78 is 6.81. The van der Waals surface area contributed by atoms with Crippen molar-refractivity contribution in [3.05, 3.63) is 38.5 Å². The summed E-state index contributed by atoms with van der Waals surface area (Å²) in [5.41, 5.74) is 1.61. The number of nitrogens with zero attached hydrogens (tertiary/aromatic N) is 4. The Morgan fingerprint density at radius 2 is 2.10 bits per heavy atom. The number of hydrogen-bond donors (Lipinski definition) is 1. The van der Waals surface area contributed by atoms with Crippen LogP contribution in [0.25, 0.3) is 0 Å². The summed E-state index contributed by atoms with van der Waals surface area (Å²) in [7, 11) is 0. The first-order chi connectivity index (χ1) is 13.8. The Labute approximate surface area is 169 Å². The lowest BCUT2D eigenvalue weighted by Gasteiger charge is -2.28. The van der Waals surface area contributed by atoms with Gasteiger partial charge in [0.1, 0.15) is 17.1 Å². The molecule has 2 aliphatic rings. The molecular weight excluding hydrogens is 374 g/mol. The summed E-state index contributed by atoms with van der Waals surface area (Å²) >= 11 is 0. The third-order valence-electron chi connectivity index (χ3n) is 6.83. The fourth-order valence-electron chi connectivity index (χ4n) is 5.30. The van der Waals surface area contributed by atoms with Crippen LogP contribution in [-0.2, 0) is 6.54 Å². The molecule has 9 nitrogen and oxygen atoms in total. The molecule has 4 rings (SSSR count). The summed E-state index contributed by atoms with van der Waals surface area (Å²) in [6.45, 7) is 7.25. The van der Waals surface area contributed by atoms with Gasteiger partial charge in [0.15, 0.2) is 5.69 Å². The molecule has 4 atom stereocenters. The molecule has 2 fully saturated rings. The molecule has 0 saturated heterocycles. The molecule has 2 aromatic rings. The number of aryl methyl sites for hydroxylation is 2. The van der Waals surface area contributed by atoms with E-state index in [4.69, 9.17) is 4.52 Å². The van der Waals surface area contributed by atoms with Gasteiger partial charge in [-0.2, -0.15) is 5.10 Å². The van der Waals surface area contributed by atoms with Crippen molar-refractivity contribution >= 4 is 11.6 Å². The first kappa shape index (κ1) is 19.6. The standard InChI is InChI=1S/C20H27N5O4/c1-10(16-8-14-5-6-15(16)7-14)21-20(26)18-17(13(4)29-23-18)9-24-12(3)19(25(27)28)11(2)22-24/h10,14-16H,5-9H2,1-4H3,(H,21,26)/t10-,14+,15+,16-/m1/s1. The molecule has 2 aliphatic carbocycles. The quantitative estimate of drug-likeness (QED) is 0.586. The highest BCUT2D eigenvalue weighted by molar-refractivity contribution is 5.94. The van der Waals surface area contributed by atoms with Gasteiger partial charge in [-0.25, -0.2) is 0 Å². The minimum absolute atomic E-state index is 0.00461. The Kier molecular flexibility index (Phi) is 4.92. The van der Waals surface area contributed by atoms with Crippen molar-refractivity contribution in [1.82, 2.24) is 20.3 Å². The largest absolute Gasteiger partial charge is 0.361 e. The minimum atomic E-state index is -0.431. The summed E-state index contributed by atoms with van der Waals surface area (Å²) in [6.07, 6.45) is 5.06. The summed E-state index contributed by atoms with van der Waals surface area (Å²) in [5.74, 6) is 2.30. The maximum atomic E-state index is 12.9. The molecule has 0 aliphatic heterocycles. The van der Waals surface area contributed by atoms with Gasteiger partial charge in [0.05, 0.1) is 11.5 Å². The van der Waals surface area contributed by atoms with Gasteiger partial charge in [0.2, 0.25) is 0 Å². The van der Waals surface area contributed by atoms with Crippen molar-refractivity contribution in [2.24, 2.45) is 17.8 Å². The highest BCUT2D eigenvalue weighted by Crippen LogP contribution is 2.49. The molecule has 9 heteroatoms. The third-order valence-corrected chi connectivity index (χ3v) is 6.83. The van der Waals surface area contributed by atoms with Crippen molar-refractivity contribution in [3.63, 3.8) is 0 Å². The van der Waals surface area contributed by atoms with E-state index in [0.717, 1.165) is 5.92 Å². The molecule has 0 unspecified atom stereocenters. The lowest BCUT2D eigenvalue weighted by atomic mass is 9.84. The average Bonchev–Trinajstić information content (AvgIpc) is 3.41. The highest BCUT2D eigenvalue weighted by atomic mass is 16.6. The van der Waals surface area contributed by atoms with E-state index in [9.17, 15) is 14.9 Å². The van der Waals surface area contributed by atoms with E-state index in [1.165, 1.54) is 30.4 Å². The molecule has 1 N–H and O–H groups in total. The molecule has 156 valence electrons. The first-order valence-corrected chi connectivity index (χ1v) is 10.2. The number of hydrogen-bond acceptors (Lipinski definition) is 6. The second-order valence-electron chi connectivity index (χ2n) is 8.60. The topological polar surface area (TPSA) is 116 Å². The molecule has 2 aromatic heterocycles. The first-order valence-electron chi connectivity index (χ1n) is 10.2. The Morgan fingerprint density at radius 1 is 1.34 bits per heavy atom. The number of carbonyl (C=O) groups excluding carboxylic acids is 1. The van der Waals surface area contributed by atoms with E-state index in [1.54, 1.807) is 20.8 Å². The maximum Gasteiger partial charge on any atom is 0.312 e. The Morgan fingerprint density at radius 3 is 2.69 bits per heavy atom. The van der Waals surface area contributed by atoms with Crippen LogP contribution >= 0.6 is 0 Å². The molecule has 29 heavy (non-hydrogen) atoms. The lowest BCUT2D eigenvalue weighted by molar-refractivity contribution is -0.386. The number of nitro groups is 1. The van der Waals surface area contributed by atoms with Crippen molar-refractivity contribution in [3.8, 4) is 0 Å². The molecule has 0 radical (unpaired) electrons. The summed E-state index contributed by atoms with van der Waals surface area (Å²) in [5, 5.41) is 22.6. The number of rotatable bonds is 6. The van der Waals surface area contributed by atoms with Gasteiger partial charge in [-0.05, 0) is 64.7 Å². The second-order valence-corrected chi connectivity index (χ2v) is 8.60. The van der Waals surface area contributed by atoms with Crippen LogP contribution in [0.15, 0.2) is 4.52 Å². The van der Waals surface area contributed by atoms with E-state index in [-0.39, 0.29) is 29.9 Å². The van der Waals surface area contributed by atoms with Crippen LogP contribution < -0.4 is 5.32 Å². The molecular formula is C20H27N5O4. The smallest absolute Gasteiger partial charge is 0.312 e. The van der Waals surface area contributed by atoms with E-state index in [1.807, 2.05) is 0 Å². The number of fused-ring (bicyclic) bond motifs is 2. The van der Waals surface area contributed by atoms with Crippen molar-refractivity contribution in [2.75, 3.05) is 0 Å². The summed E-state index contributed by atoms with van der Waals surface area (Å²) in [4.78, 5) is 23.8. The molecule has 2 bridgehead atoms.